The summed E-state index contributed by atoms with van der Waals surface area (Å²) < 4.78 is 0. The van der Waals surface area contributed by atoms with Crippen LogP contribution in [0.3, 0.4) is 0 Å². The second-order valence-corrected chi connectivity index (χ2v) is 5.74. The van der Waals surface area contributed by atoms with Gasteiger partial charge in [-0.3, -0.25) is 4.79 Å². The molecule has 1 aromatic carbocycles. The average molecular weight is 332 g/mol. The van der Waals surface area contributed by atoms with E-state index in [-0.39, 0.29) is 24.9 Å². The normalized spacial score (nSPS) is 10.4. The number of carbonyl (C=O) groups excluding carboxylic acids is 2. The zero-order chi connectivity index (χ0) is 16.8. The molecule has 0 radical (unpaired) electrons. The van der Waals surface area contributed by atoms with Gasteiger partial charge in [0, 0.05) is 25.4 Å². The molecule has 122 valence electrons. The first kappa shape index (κ1) is 17.1. The summed E-state index contributed by atoms with van der Waals surface area (Å²) in [6.45, 7) is 2.24. The summed E-state index contributed by atoms with van der Waals surface area (Å²) in [6.07, 6.45) is 2.17. The zero-order valence-corrected chi connectivity index (χ0v) is 14.2. The third-order valence-electron chi connectivity index (χ3n) is 3.47. The summed E-state index contributed by atoms with van der Waals surface area (Å²) >= 11 is 1.48. The number of fused-ring (bicyclic) bond motifs is 1. The molecular formula is C16H20N4O2S. The van der Waals surface area contributed by atoms with Crippen molar-refractivity contribution < 1.29 is 9.59 Å². The summed E-state index contributed by atoms with van der Waals surface area (Å²) in [6, 6.07) is 7.48. The van der Waals surface area contributed by atoms with E-state index < -0.39 is 0 Å². The second-order valence-electron chi connectivity index (χ2n) is 4.94. The molecule has 1 aromatic heterocycles. The number of nitrogens with one attached hydrogen (secondary N) is 3. The van der Waals surface area contributed by atoms with Crippen molar-refractivity contribution in [1.82, 2.24) is 15.6 Å². The molecule has 0 aliphatic rings. The van der Waals surface area contributed by atoms with Gasteiger partial charge in [0.05, 0.1) is 11.2 Å². The van der Waals surface area contributed by atoms with E-state index in [1.54, 1.807) is 7.05 Å². The Labute approximate surface area is 139 Å². The van der Waals surface area contributed by atoms with Crippen molar-refractivity contribution in [1.29, 1.82) is 0 Å². The molecule has 6 nitrogen and oxygen atoms in total. The average Bonchev–Trinajstić information content (AvgIpc) is 2.57. The smallest absolute Gasteiger partial charge is 0.319 e. The molecule has 7 heteroatoms. The van der Waals surface area contributed by atoms with Crippen LogP contribution in [0.15, 0.2) is 29.3 Å². The molecule has 0 saturated heterocycles. The number of urea groups is 1. The van der Waals surface area contributed by atoms with E-state index in [2.05, 4.69) is 20.9 Å². The Bertz CT molecular complexity index is 733. The van der Waals surface area contributed by atoms with Crippen molar-refractivity contribution in [2.24, 2.45) is 0 Å². The van der Waals surface area contributed by atoms with E-state index in [0.717, 1.165) is 21.5 Å². The van der Waals surface area contributed by atoms with Crippen LogP contribution in [-0.4, -0.2) is 36.8 Å². The molecule has 23 heavy (non-hydrogen) atoms. The highest BCUT2D eigenvalue weighted by Gasteiger charge is 2.14. The van der Waals surface area contributed by atoms with Gasteiger partial charge in [0.15, 0.2) is 0 Å². The van der Waals surface area contributed by atoms with Gasteiger partial charge in [0.2, 0.25) is 5.91 Å². The van der Waals surface area contributed by atoms with Gasteiger partial charge in [-0.15, -0.1) is 11.8 Å². The molecule has 2 rings (SSSR count). The number of para-hydroxylation sites is 1. The fourth-order valence-electron chi connectivity index (χ4n) is 2.22. The van der Waals surface area contributed by atoms with E-state index in [1.165, 1.54) is 11.8 Å². The Morgan fingerprint density at radius 1 is 1.26 bits per heavy atom. The van der Waals surface area contributed by atoms with Crippen molar-refractivity contribution in [3.8, 4) is 0 Å². The number of thioether (sulfide) groups is 1. The molecule has 0 spiro atoms. The van der Waals surface area contributed by atoms with Gasteiger partial charge in [-0.2, -0.15) is 0 Å². The Morgan fingerprint density at radius 3 is 2.70 bits per heavy atom. The lowest BCUT2D eigenvalue weighted by Gasteiger charge is -2.15. The molecule has 0 atom stereocenters. The van der Waals surface area contributed by atoms with E-state index in [9.17, 15) is 9.59 Å². The van der Waals surface area contributed by atoms with Gasteiger partial charge >= 0.3 is 6.03 Å². The van der Waals surface area contributed by atoms with Gasteiger partial charge in [-0.25, -0.2) is 9.78 Å². The van der Waals surface area contributed by atoms with Gasteiger partial charge in [-0.1, -0.05) is 18.2 Å². The number of benzene rings is 1. The van der Waals surface area contributed by atoms with E-state index in [1.807, 2.05) is 37.4 Å². The maximum Gasteiger partial charge on any atom is 0.319 e. The molecule has 0 fully saturated rings. The molecule has 0 aliphatic heterocycles. The van der Waals surface area contributed by atoms with Crippen LogP contribution >= 0.6 is 11.8 Å². The quantitative estimate of drug-likeness (QED) is 0.735. The predicted molar refractivity (Wildman–Crippen MR) is 94.0 cm³/mol. The number of nitrogens with zero attached hydrogens (tertiary/aromatic N) is 1. The van der Waals surface area contributed by atoms with Crippen LogP contribution in [0.2, 0.25) is 0 Å². The van der Waals surface area contributed by atoms with Gasteiger partial charge in [0.1, 0.15) is 5.03 Å². The highest BCUT2D eigenvalue weighted by molar-refractivity contribution is 7.98. The van der Waals surface area contributed by atoms with Crippen molar-refractivity contribution >= 4 is 40.3 Å². The van der Waals surface area contributed by atoms with Crippen LogP contribution in [0.5, 0.6) is 0 Å². The molecule has 1 heterocycles. The minimum absolute atomic E-state index is 0.112. The van der Waals surface area contributed by atoms with Crippen LogP contribution in [0.1, 0.15) is 12.0 Å². The minimum atomic E-state index is -0.343. The Kier molecular flexibility index (Phi) is 5.81. The van der Waals surface area contributed by atoms with Gasteiger partial charge in [0.25, 0.3) is 0 Å². The maximum atomic E-state index is 12.0. The Balaban J connectivity index is 2.17. The third kappa shape index (κ3) is 4.13. The van der Waals surface area contributed by atoms with Crippen LogP contribution in [0.4, 0.5) is 10.5 Å². The molecule has 0 bridgehead atoms. The molecule has 3 N–H and O–H groups in total. The number of hydrogen-bond acceptors (Lipinski definition) is 4. The summed E-state index contributed by atoms with van der Waals surface area (Å²) in [4.78, 5) is 27.8. The fraction of sp³-hybridized carbons (Fsp3) is 0.312. The molecule has 0 saturated carbocycles. The van der Waals surface area contributed by atoms with Crippen LogP contribution < -0.4 is 16.0 Å². The summed E-state index contributed by atoms with van der Waals surface area (Å²) in [5, 5.41) is 9.81. The lowest BCUT2D eigenvalue weighted by atomic mass is 10.1. The molecule has 0 aliphatic carbocycles. The topological polar surface area (TPSA) is 83.1 Å². The number of aromatic nitrogens is 1. The number of anilines is 1. The van der Waals surface area contributed by atoms with Crippen molar-refractivity contribution in [2.75, 3.05) is 25.2 Å². The van der Waals surface area contributed by atoms with E-state index in [4.69, 9.17) is 0 Å². The first-order valence-corrected chi connectivity index (χ1v) is 8.48. The van der Waals surface area contributed by atoms with Crippen molar-refractivity contribution in [2.45, 2.75) is 18.4 Å². The van der Waals surface area contributed by atoms with Crippen LogP contribution in [0, 0.1) is 6.92 Å². The first-order valence-electron chi connectivity index (χ1n) is 7.25. The van der Waals surface area contributed by atoms with Crippen LogP contribution in [-0.2, 0) is 4.79 Å². The third-order valence-corrected chi connectivity index (χ3v) is 4.15. The molecule has 2 aromatic rings. The predicted octanol–water partition coefficient (Wildman–Crippen LogP) is 2.52. The summed E-state index contributed by atoms with van der Waals surface area (Å²) in [5.74, 6) is -0.112. The van der Waals surface area contributed by atoms with Gasteiger partial charge in [-0.05, 0) is 24.8 Å². The SMILES string of the molecule is CNC(=O)CCNC(=O)Nc1c(SC)nc2ccccc2c1C. The molecular weight excluding hydrogens is 312 g/mol. The van der Waals surface area contributed by atoms with Gasteiger partial charge < -0.3 is 16.0 Å². The highest BCUT2D eigenvalue weighted by Crippen LogP contribution is 2.32. The Morgan fingerprint density at radius 2 is 2.00 bits per heavy atom. The molecule has 0 unspecified atom stereocenters. The fourth-order valence-corrected chi connectivity index (χ4v) is 2.81. The lowest BCUT2D eigenvalue weighted by molar-refractivity contribution is -0.120. The summed E-state index contributed by atoms with van der Waals surface area (Å²) in [5.41, 5.74) is 2.58. The first-order chi connectivity index (χ1) is 11.1. The number of aryl methyl sites for hydroxylation is 1. The minimum Gasteiger partial charge on any atom is -0.359 e. The second kappa shape index (κ2) is 7.82. The van der Waals surface area contributed by atoms with Crippen LogP contribution in [0.25, 0.3) is 10.9 Å². The van der Waals surface area contributed by atoms with E-state index in [0.29, 0.717) is 5.69 Å². The lowest BCUT2D eigenvalue weighted by Crippen LogP contribution is -2.32. The van der Waals surface area contributed by atoms with Crippen molar-refractivity contribution in [3.63, 3.8) is 0 Å². The number of carbonyl (C=O) groups is 2. The maximum absolute atomic E-state index is 12.0. The monoisotopic (exact) mass is 332 g/mol. The number of amides is 3. The van der Waals surface area contributed by atoms with Crippen molar-refractivity contribution in [3.05, 3.63) is 29.8 Å². The molecule has 3 amide bonds. The number of pyridine rings is 1. The Hall–Kier alpha value is -2.28. The number of hydrogen-bond donors (Lipinski definition) is 3. The summed E-state index contributed by atoms with van der Waals surface area (Å²) in [7, 11) is 1.57. The highest BCUT2D eigenvalue weighted by atomic mass is 32.2. The zero-order valence-electron chi connectivity index (χ0n) is 13.4. The number of rotatable bonds is 5. The largest absolute Gasteiger partial charge is 0.359 e. The van der Waals surface area contributed by atoms with E-state index >= 15 is 0 Å². The standard InChI is InChI=1S/C16H20N4O2S/c1-10-11-6-4-5-7-12(11)19-15(23-3)14(10)20-16(22)18-9-8-13(21)17-2/h4-7H,8-9H2,1-3H3,(H,17,21)(H2,18,20,22).